The van der Waals surface area contributed by atoms with Crippen molar-refractivity contribution in [2.75, 3.05) is 6.54 Å². The maximum atomic E-state index is 8.52. The summed E-state index contributed by atoms with van der Waals surface area (Å²) in [5.41, 5.74) is 1.40. The van der Waals surface area contributed by atoms with Crippen molar-refractivity contribution < 1.29 is 0 Å². The standard InChI is InChI=1S/C15H20N2/c16-11-5-2-6-12-17(15-9-10-15)13-14-7-3-1-4-8-14/h1,3-4,7-8,15H,2,5-6,9-10,12-13H2. The van der Waals surface area contributed by atoms with Crippen molar-refractivity contribution in [1.29, 1.82) is 5.26 Å². The fraction of sp³-hybridized carbons (Fsp3) is 0.533. The molecule has 0 amide bonds. The molecule has 0 radical (unpaired) electrons. The first-order chi connectivity index (χ1) is 8.40. The topological polar surface area (TPSA) is 27.0 Å². The van der Waals surface area contributed by atoms with Crippen molar-refractivity contribution in [2.24, 2.45) is 0 Å². The molecule has 0 spiro atoms. The lowest BCUT2D eigenvalue weighted by molar-refractivity contribution is 0.250. The first-order valence-electron chi connectivity index (χ1n) is 6.55. The number of nitriles is 1. The van der Waals surface area contributed by atoms with Crippen molar-refractivity contribution in [1.82, 2.24) is 4.90 Å². The first kappa shape index (κ1) is 12.1. The summed E-state index contributed by atoms with van der Waals surface area (Å²) in [6.07, 6.45) is 5.59. The molecular formula is C15H20N2. The molecule has 1 fully saturated rings. The number of hydrogen-bond acceptors (Lipinski definition) is 2. The van der Waals surface area contributed by atoms with E-state index in [1.807, 2.05) is 0 Å². The molecule has 0 heterocycles. The van der Waals surface area contributed by atoms with Gasteiger partial charge in [-0.15, -0.1) is 0 Å². The van der Waals surface area contributed by atoms with Crippen LogP contribution in [-0.4, -0.2) is 17.5 Å². The molecule has 1 aliphatic rings. The number of benzene rings is 1. The molecule has 2 heteroatoms. The van der Waals surface area contributed by atoms with Crippen LogP contribution in [0.1, 0.15) is 37.7 Å². The van der Waals surface area contributed by atoms with Crippen LogP contribution in [0.5, 0.6) is 0 Å². The molecule has 1 aliphatic carbocycles. The molecule has 17 heavy (non-hydrogen) atoms. The van der Waals surface area contributed by atoms with Gasteiger partial charge in [-0.3, -0.25) is 4.90 Å². The van der Waals surface area contributed by atoms with Gasteiger partial charge < -0.3 is 0 Å². The van der Waals surface area contributed by atoms with Crippen LogP contribution in [0.3, 0.4) is 0 Å². The Kier molecular flexibility index (Phi) is 4.58. The molecule has 1 aromatic rings. The summed E-state index contributed by atoms with van der Waals surface area (Å²) in [7, 11) is 0. The SMILES string of the molecule is N#CCCCCN(Cc1ccccc1)C1CC1. The van der Waals surface area contributed by atoms with E-state index < -0.39 is 0 Å². The predicted molar refractivity (Wildman–Crippen MR) is 69.3 cm³/mol. The molecule has 0 bridgehead atoms. The Labute approximate surface area is 104 Å². The summed E-state index contributed by atoms with van der Waals surface area (Å²) in [4.78, 5) is 2.58. The van der Waals surface area contributed by atoms with E-state index in [0.717, 1.165) is 32.0 Å². The normalized spacial score (nSPS) is 14.8. The Morgan fingerprint density at radius 1 is 1.18 bits per heavy atom. The number of rotatable bonds is 7. The second-order valence-corrected chi connectivity index (χ2v) is 4.80. The summed E-state index contributed by atoms with van der Waals surface area (Å²) in [6, 6.07) is 13.7. The minimum atomic E-state index is 0.698. The molecule has 0 N–H and O–H groups in total. The molecule has 0 unspecified atom stereocenters. The molecule has 0 aromatic heterocycles. The van der Waals surface area contributed by atoms with Crippen molar-refractivity contribution >= 4 is 0 Å². The quantitative estimate of drug-likeness (QED) is 0.669. The van der Waals surface area contributed by atoms with Gasteiger partial charge in [0.1, 0.15) is 0 Å². The second kappa shape index (κ2) is 6.42. The Morgan fingerprint density at radius 2 is 1.94 bits per heavy atom. The van der Waals surface area contributed by atoms with Gasteiger partial charge in [0.25, 0.3) is 0 Å². The summed E-state index contributed by atoms with van der Waals surface area (Å²) >= 11 is 0. The van der Waals surface area contributed by atoms with Crippen LogP contribution in [0.15, 0.2) is 30.3 Å². The zero-order valence-electron chi connectivity index (χ0n) is 10.3. The maximum Gasteiger partial charge on any atom is 0.0621 e. The zero-order chi connectivity index (χ0) is 11.9. The Balaban J connectivity index is 1.79. The van der Waals surface area contributed by atoms with E-state index in [2.05, 4.69) is 41.3 Å². The lowest BCUT2D eigenvalue weighted by Crippen LogP contribution is -2.26. The molecule has 2 nitrogen and oxygen atoms in total. The van der Waals surface area contributed by atoms with Crippen molar-refractivity contribution in [2.45, 2.75) is 44.7 Å². The third kappa shape index (κ3) is 4.20. The van der Waals surface area contributed by atoms with Gasteiger partial charge >= 0.3 is 0 Å². The lowest BCUT2D eigenvalue weighted by atomic mass is 10.2. The van der Waals surface area contributed by atoms with Crippen LogP contribution in [0.2, 0.25) is 0 Å². The van der Waals surface area contributed by atoms with E-state index in [1.54, 1.807) is 0 Å². The van der Waals surface area contributed by atoms with Gasteiger partial charge in [0.05, 0.1) is 6.07 Å². The summed E-state index contributed by atoms with van der Waals surface area (Å²) in [6.45, 7) is 2.21. The highest BCUT2D eigenvalue weighted by Gasteiger charge is 2.28. The monoisotopic (exact) mass is 228 g/mol. The highest BCUT2D eigenvalue weighted by atomic mass is 15.2. The molecule has 2 rings (SSSR count). The number of unbranched alkanes of at least 4 members (excludes halogenated alkanes) is 2. The molecule has 1 aromatic carbocycles. The molecular weight excluding hydrogens is 208 g/mol. The van der Waals surface area contributed by atoms with Gasteiger partial charge in [-0.1, -0.05) is 30.3 Å². The average Bonchev–Trinajstić information content (AvgIpc) is 3.19. The fourth-order valence-corrected chi connectivity index (χ4v) is 2.17. The van der Waals surface area contributed by atoms with Gasteiger partial charge in [-0.25, -0.2) is 0 Å². The lowest BCUT2D eigenvalue weighted by Gasteiger charge is -2.21. The largest absolute Gasteiger partial charge is 0.296 e. The molecule has 90 valence electrons. The van der Waals surface area contributed by atoms with Crippen LogP contribution >= 0.6 is 0 Å². The van der Waals surface area contributed by atoms with Gasteiger partial charge in [0.15, 0.2) is 0 Å². The Bertz CT molecular complexity index is 362. The van der Waals surface area contributed by atoms with E-state index in [-0.39, 0.29) is 0 Å². The number of hydrogen-bond donors (Lipinski definition) is 0. The van der Waals surface area contributed by atoms with Crippen molar-refractivity contribution in [3.05, 3.63) is 35.9 Å². The van der Waals surface area contributed by atoms with E-state index in [4.69, 9.17) is 5.26 Å². The van der Waals surface area contributed by atoms with Crippen molar-refractivity contribution in [3.63, 3.8) is 0 Å². The number of nitrogens with zero attached hydrogens (tertiary/aromatic N) is 2. The highest BCUT2D eigenvalue weighted by Crippen LogP contribution is 2.28. The van der Waals surface area contributed by atoms with Gasteiger partial charge in [-0.05, 0) is 37.8 Å². The summed E-state index contributed by atoms with van der Waals surface area (Å²) < 4.78 is 0. The smallest absolute Gasteiger partial charge is 0.0621 e. The van der Waals surface area contributed by atoms with Crippen LogP contribution in [0, 0.1) is 11.3 Å². The van der Waals surface area contributed by atoms with Gasteiger partial charge in [-0.2, -0.15) is 5.26 Å². The highest BCUT2D eigenvalue weighted by molar-refractivity contribution is 5.14. The van der Waals surface area contributed by atoms with Crippen LogP contribution < -0.4 is 0 Å². The van der Waals surface area contributed by atoms with Gasteiger partial charge in [0, 0.05) is 19.0 Å². The van der Waals surface area contributed by atoms with Crippen LogP contribution in [0.4, 0.5) is 0 Å². The minimum absolute atomic E-state index is 0.698. The van der Waals surface area contributed by atoms with E-state index >= 15 is 0 Å². The van der Waals surface area contributed by atoms with Crippen LogP contribution in [-0.2, 0) is 6.54 Å². The Morgan fingerprint density at radius 3 is 2.59 bits per heavy atom. The van der Waals surface area contributed by atoms with Gasteiger partial charge in [0.2, 0.25) is 0 Å². The summed E-state index contributed by atoms with van der Waals surface area (Å²) in [5.74, 6) is 0. The minimum Gasteiger partial charge on any atom is -0.296 e. The molecule has 1 saturated carbocycles. The predicted octanol–water partition coefficient (Wildman–Crippen LogP) is 3.34. The first-order valence-corrected chi connectivity index (χ1v) is 6.55. The Hall–Kier alpha value is -1.33. The third-order valence-electron chi connectivity index (χ3n) is 3.28. The van der Waals surface area contributed by atoms with E-state index in [1.165, 1.54) is 18.4 Å². The molecule has 0 aliphatic heterocycles. The van der Waals surface area contributed by atoms with Crippen LogP contribution in [0.25, 0.3) is 0 Å². The van der Waals surface area contributed by atoms with E-state index in [9.17, 15) is 0 Å². The maximum absolute atomic E-state index is 8.52. The zero-order valence-corrected chi connectivity index (χ0v) is 10.3. The molecule has 0 saturated heterocycles. The molecule has 0 atom stereocenters. The fourth-order valence-electron chi connectivity index (χ4n) is 2.17. The van der Waals surface area contributed by atoms with Crippen molar-refractivity contribution in [3.8, 4) is 6.07 Å². The van der Waals surface area contributed by atoms with E-state index in [0.29, 0.717) is 6.42 Å². The summed E-state index contributed by atoms with van der Waals surface area (Å²) in [5, 5.41) is 8.52. The second-order valence-electron chi connectivity index (χ2n) is 4.80. The third-order valence-corrected chi connectivity index (χ3v) is 3.28. The average molecular weight is 228 g/mol.